The van der Waals surface area contributed by atoms with E-state index in [1.807, 2.05) is 0 Å². The number of carbonyl (C=O) groups excluding carboxylic acids is 1. The molecule has 0 aromatic carbocycles. The number of aromatic nitrogens is 1. The Hall–Kier alpha value is -1.41. The molecule has 0 saturated carbocycles. The Morgan fingerprint density at radius 2 is 2.28 bits per heavy atom. The zero-order valence-electron chi connectivity index (χ0n) is 9.82. The predicted octanol–water partition coefficient (Wildman–Crippen LogP) is -1.31. The van der Waals surface area contributed by atoms with E-state index in [1.54, 1.807) is 17.0 Å². The van der Waals surface area contributed by atoms with Gasteiger partial charge in [0.2, 0.25) is 0 Å². The molecule has 6 N–H and O–H groups in total. The quantitative estimate of drug-likeness (QED) is 0.531. The molecule has 1 aliphatic heterocycles. The maximum absolute atomic E-state index is 11.2. The number of primary amides is 1. The molecule has 0 bridgehead atoms. The summed E-state index contributed by atoms with van der Waals surface area (Å²) in [6.07, 6.45) is 1.84. The molecule has 1 aliphatic rings. The third kappa shape index (κ3) is 2.25. The van der Waals surface area contributed by atoms with Gasteiger partial charge < -0.3 is 31.0 Å². The Labute approximate surface area is 104 Å². The summed E-state index contributed by atoms with van der Waals surface area (Å²) in [5, 5.41) is 18.7. The SMILES string of the molecule is NCc1cn([C@H]2C[C@H](O)[C@@H](CO)O2)cc1C(N)=O. The summed E-state index contributed by atoms with van der Waals surface area (Å²) >= 11 is 0. The number of carbonyl (C=O) groups is 1. The average Bonchev–Trinajstić information content (AvgIpc) is 2.91. The van der Waals surface area contributed by atoms with Crippen LogP contribution in [-0.2, 0) is 11.3 Å². The molecular formula is C11H17N3O4. The number of hydrogen-bond acceptors (Lipinski definition) is 5. The third-order valence-electron chi connectivity index (χ3n) is 3.13. The highest BCUT2D eigenvalue weighted by Crippen LogP contribution is 2.29. The molecule has 2 heterocycles. The Balaban J connectivity index is 2.22. The molecule has 2 rings (SSSR count). The van der Waals surface area contributed by atoms with E-state index in [0.29, 0.717) is 17.5 Å². The van der Waals surface area contributed by atoms with Crippen LogP contribution in [0, 0.1) is 0 Å². The first-order chi connectivity index (χ1) is 8.56. The van der Waals surface area contributed by atoms with Crippen LogP contribution in [0.25, 0.3) is 0 Å². The molecule has 0 aliphatic carbocycles. The topological polar surface area (TPSA) is 124 Å². The first-order valence-corrected chi connectivity index (χ1v) is 5.71. The summed E-state index contributed by atoms with van der Waals surface area (Å²) in [4.78, 5) is 11.2. The zero-order chi connectivity index (χ0) is 13.3. The summed E-state index contributed by atoms with van der Waals surface area (Å²) in [7, 11) is 0. The second kappa shape index (κ2) is 5.07. The van der Waals surface area contributed by atoms with Gasteiger partial charge in [-0.1, -0.05) is 0 Å². The first-order valence-electron chi connectivity index (χ1n) is 5.71. The highest BCUT2D eigenvalue weighted by Gasteiger charge is 2.34. The molecule has 1 aromatic rings. The summed E-state index contributed by atoms with van der Waals surface area (Å²) in [6, 6.07) is 0. The van der Waals surface area contributed by atoms with Gasteiger partial charge in [0, 0.05) is 25.4 Å². The van der Waals surface area contributed by atoms with Crippen molar-refractivity contribution in [1.29, 1.82) is 0 Å². The lowest BCUT2D eigenvalue weighted by Crippen LogP contribution is -2.24. The standard InChI is InChI=1S/C11H17N3O4/c12-2-6-3-14(4-7(6)11(13)17)10-1-8(16)9(5-15)18-10/h3-4,8-10,15-16H,1-2,5,12H2,(H2,13,17)/t8-,9+,10+/m0/s1. The van der Waals surface area contributed by atoms with E-state index >= 15 is 0 Å². The fourth-order valence-corrected chi connectivity index (χ4v) is 2.13. The minimum atomic E-state index is -0.722. The van der Waals surface area contributed by atoms with Gasteiger partial charge in [0.15, 0.2) is 0 Å². The smallest absolute Gasteiger partial charge is 0.250 e. The second-order valence-electron chi connectivity index (χ2n) is 4.33. The summed E-state index contributed by atoms with van der Waals surface area (Å²) in [6.45, 7) is -0.0463. The van der Waals surface area contributed by atoms with Crippen molar-refractivity contribution in [3.05, 3.63) is 23.5 Å². The highest BCUT2D eigenvalue weighted by molar-refractivity contribution is 5.94. The lowest BCUT2D eigenvalue weighted by molar-refractivity contribution is -0.0442. The van der Waals surface area contributed by atoms with Crippen molar-refractivity contribution in [2.24, 2.45) is 11.5 Å². The molecule has 0 radical (unpaired) electrons. The fraction of sp³-hybridized carbons (Fsp3) is 0.545. The Bertz CT molecular complexity index is 445. The molecule has 3 atom stereocenters. The van der Waals surface area contributed by atoms with E-state index in [0.717, 1.165) is 0 Å². The van der Waals surface area contributed by atoms with Crippen LogP contribution in [0.1, 0.15) is 28.6 Å². The van der Waals surface area contributed by atoms with E-state index in [2.05, 4.69) is 0 Å². The lowest BCUT2D eigenvalue weighted by atomic mass is 10.2. The molecule has 0 spiro atoms. The summed E-state index contributed by atoms with van der Waals surface area (Å²) < 4.78 is 7.13. The normalized spacial score (nSPS) is 27.6. The molecule has 1 amide bonds. The van der Waals surface area contributed by atoms with Gasteiger partial charge in [-0.15, -0.1) is 0 Å². The van der Waals surface area contributed by atoms with E-state index in [-0.39, 0.29) is 13.2 Å². The van der Waals surface area contributed by atoms with Gasteiger partial charge in [0.25, 0.3) is 5.91 Å². The average molecular weight is 255 g/mol. The number of aliphatic hydroxyl groups is 2. The summed E-state index contributed by atoms with van der Waals surface area (Å²) in [5.74, 6) is -0.550. The van der Waals surface area contributed by atoms with Gasteiger partial charge in [-0.25, -0.2) is 0 Å². The fourth-order valence-electron chi connectivity index (χ4n) is 2.13. The Morgan fingerprint density at radius 1 is 1.56 bits per heavy atom. The van der Waals surface area contributed by atoms with Gasteiger partial charge in [-0.3, -0.25) is 4.79 Å². The van der Waals surface area contributed by atoms with Gasteiger partial charge in [0.1, 0.15) is 12.3 Å². The van der Waals surface area contributed by atoms with Crippen molar-refractivity contribution in [1.82, 2.24) is 4.57 Å². The maximum atomic E-state index is 11.2. The van der Waals surface area contributed by atoms with Crippen LogP contribution in [0.4, 0.5) is 0 Å². The second-order valence-corrected chi connectivity index (χ2v) is 4.33. The van der Waals surface area contributed by atoms with Crippen LogP contribution >= 0.6 is 0 Å². The van der Waals surface area contributed by atoms with Crippen molar-refractivity contribution in [2.45, 2.75) is 31.4 Å². The molecule has 100 valence electrons. The van der Waals surface area contributed by atoms with Gasteiger partial charge >= 0.3 is 0 Å². The van der Waals surface area contributed by atoms with Crippen LogP contribution in [0.15, 0.2) is 12.4 Å². The molecule has 18 heavy (non-hydrogen) atoms. The number of amides is 1. The van der Waals surface area contributed by atoms with Crippen LogP contribution < -0.4 is 11.5 Å². The predicted molar refractivity (Wildman–Crippen MR) is 62.5 cm³/mol. The number of hydrogen-bond donors (Lipinski definition) is 4. The molecular weight excluding hydrogens is 238 g/mol. The molecule has 7 nitrogen and oxygen atoms in total. The zero-order valence-corrected chi connectivity index (χ0v) is 9.82. The molecule has 1 fully saturated rings. The first kappa shape index (κ1) is 13.0. The molecule has 0 unspecified atom stereocenters. The monoisotopic (exact) mass is 255 g/mol. The van der Waals surface area contributed by atoms with Crippen molar-refractivity contribution in [3.8, 4) is 0 Å². The van der Waals surface area contributed by atoms with Gasteiger partial charge in [-0.2, -0.15) is 0 Å². The van der Waals surface area contributed by atoms with Crippen molar-refractivity contribution in [2.75, 3.05) is 6.61 Å². The van der Waals surface area contributed by atoms with E-state index < -0.39 is 24.3 Å². The lowest BCUT2D eigenvalue weighted by Gasteiger charge is -2.13. The van der Waals surface area contributed by atoms with E-state index in [1.165, 1.54) is 0 Å². The van der Waals surface area contributed by atoms with E-state index in [9.17, 15) is 9.90 Å². The highest BCUT2D eigenvalue weighted by atomic mass is 16.5. The number of rotatable bonds is 4. The Kier molecular flexibility index (Phi) is 3.67. The van der Waals surface area contributed by atoms with Crippen LogP contribution in [-0.4, -0.2) is 39.5 Å². The minimum absolute atomic E-state index is 0.198. The van der Waals surface area contributed by atoms with Crippen LogP contribution in [0.5, 0.6) is 0 Å². The van der Waals surface area contributed by atoms with Gasteiger partial charge in [0.05, 0.1) is 18.3 Å². The Morgan fingerprint density at radius 3 is 2.72 bits per heavy atom. The van der Waals surface area contributed by atoms with Crippen molar-refractivity contribution >= 4 is 5.91 Å². The number of aliphatic hydroxyl groups excluding tert-OH is 2. The minimum Gasteiger partial charge on any atom is -0.394 e. The number of nitrogens with two attached hydrogens (primary N) is 2. The number of nitrogens with zero attached hydrogens (tertiary/aromatic N) is 1. The molecule has 7 heteroatoms. The maximum Gasteiger partial charge on any atom is 0.250 e. The largest absolute Gasteiger partial charge is 0.394 e. The van der Waals surface area contributed by atoms with E-state index in [4.69, 9.17) is 21.3 Å². The molecule has 1 saturated heterocycles. The van der Waals surface area contributed by atoms with Crippen molar-refractivity contribution < 1.29 is 19.7 Å². The third-order valence-corrected chi connectivity index (χ3v) is 3.13. The molecule has 1 aromatic heterocycles. The van der Waals surface area contributed by atoms with Crippen molar-refractivity contribution in [3.63, 3.8) is 0 Å². The summed E-state index contributed by atoms with van der Waals surface area (Å²) in [5.41, 5.74) is 11.8. The van der Waals surface area contributed by atoms with Gasteiger partial charge in [-0.05, 0) is 5.56 Å². The number of ether oxygens (including phenoxy) is 1. The van der Waals surface area contributed by atoms with Crippen LogP contribution in [0.2, 0.25) is 0 Å². The van der Waals surface area contributed by atoms with Crippen LogP contribution in [0.3, 0.4) is 0 Å².